The summed E-state index contributed by atoms with van der Waals surface area (Å²) in [5, 5.41) is 0.851. The van der Waals surface area contributed by atoms with Gasteiger partial charge in [-0.15, -0.1) is 0 Å². The molecule has 0 bridgehead atoms. The van der Waals surface area contributed by atoms with Crippen molar-refractivity contribution in [1.82, 2.24) is 14.5 Å². The molecule has 2 heterocycles. The van der Waals surface area contributed by atoms with Gasteiger partial charge in [0, 0.05) is 13.6 Å². The molecule has 0 N–H and O–H groups in total. The molecule has 1 amide bonds. The number of ether oxygens (including phenoxy) is 1. The number of nitrogens with zero attached hydrogens (tertiary/aromatic N) is 3. The predicted molar refractivity (Wildman–Crippen MR) is 110 cm³/mol. The Morgan fingerprint density at radius 1 is 1.14 bits per heavy atom. The second-order valence-electron chi connectivity index (χ2n) is 6.63. The molecule has 1 fully saturated rings. The quantitative estimate of drug-likeness (QED) is 0.621. The fourth-order valence-corrected chi connectivity index (χ4v) is 4.51. The van der Waals surface area contributed by atoms with Crippen molar-refractivity contribution < 1.29 is 9.53 Å². The summed E-state index contributed by atoms with van der Waals surface area (Å²) in [5.41, 5.74) is 1.19. The molecule has 3 aromatic rings. The average molecular weight is 395 g/mol. The predicted octanol–water partition coefficient (Wildman–Crippen LogP) is 3.11. The Labute approximate surface area is 167 Å². The van der Waals surface area contributed by atoms with Crippen LogP contribution in [0.5, 0.6) is 5.75 Å². The first-order chi connectivity index (χ1) is 13.6. The van der Waals surface area contributed by atoms with Gasteiger partial charge in [-0.3, -0.25) is 14.2 Å². The Hall–Kier alpha value is -2.80. The van der Waals surface area contributed by atoms with E-state index in [0.29, 0.717) is 28.4 Å². The van der Waals surface area contributed by atoms with E-state index < -0.39 is 0 Å². The Kier molecular flexibility index (Phi) is 5.09. The summed E-state index contributed by atoms with van der Waals surface area (Å²) in [5.74, 6) is 0.820. The number of carbonyl (C=O) groups is 1. The first-order valence-electron chi connectivity index (χ1n) is 9.25. The zero-order valence-electron chi connectivity index (χ0n) is 15.8. The third-order valence-corrected chi connectivity index (χ3v) is 5.98. The van der Waals surface area contributed by atoms with Crippen LogP contribution >= 0.6 is 11.8 Å². The number of para-hydroxylation sites is 1. The molecular formula is C21H21N3O3S. The monoisotopic (exact) mass is 395 g/mol. The van der Waals surface area contributed by atoms with Crippen LogP contribution in [0.4, 0.5) is 0 Å². The SMILES string of the molecule is CCOc1ccc(-n2c(SC3CCN(C)C3=O)nc3ccccc3c2=O)cc1. The second-order valence-corrected chi connectivity index (χ2v) is 7.80. The van der Waals surface area contributed by atoms with Crippen LogP contribution < -0.4 is 10.3 Å². The standard InChI is InChI=1S/C21H21N3O3S/c1-3-27-15-10-8-14(9-11-15)24-19(25)16-6-4-5-7-17(16)22-21(24)28-18-12-13-23(2)20(18)26/h4-11,18H,3,12-13H2,1-2H3. The lowest BCUT2D eigenvalue weighted by Crippen LogP contribution is -2.26. The minimum atomic E-state index is -0.230. The van der Waals surface area contributed by atoms with Gasteiger partial charge in [-0.1, -0.05) is 23.9 Å². The molecule has 1 atom stereocenters. The Balaban J connectivity index is 1.83. The van der Waals surface area contributed by atoms with Crippen molar-refractivity contribution in [1.29, 1.82) is 0 Å². The van der Waals surface area contributed by atoms with E-state index in [1.807, 2.05) is 49.4 Å². The van der Waals surface area contributed by atoms with Crippen molar-refractivity contribution in [3.8, 4) is 11.4 Å². The van der Waals surface area contributed by atoms with Crippen LogP contribution in [0.25, 0.3) is 16.6 Å². The zero-order valence-corrected chi connectivity index (χ0v) is 16.6. The summed E-state index contributed by atoms with van der Waals surface area (Å²) in [6.45, 7) is 3.22. The van der Waals surface area contributed by atoms with E-state index in [-0.39, 0.29) is 16.7 Å². The highest BCUT2D eigenvalue weighted by molar-refractivity contribution is 8.00. The van der Waals surface area contributed by atoms with Crippen molar-refractivity contribution in [2.24, 2.45) is 0 Å². The number of hydrogen-bond acceptors (Lipinski definition) is 5. The fraction of sp³-hybridized carbons (Fsp3) is 0.286. The van der Waals surface area contributed by atoms with Crippen molar-refractivity contribution in [2.75, 3.05) is 20.2 Å². The molecule has 1 aliphatic rings. The minimum Gasteiger partial charge on any atom is -0.494 e. The van der Waals surface area contributed by atoms with E-state index >= 15 is 0 Å². The molecule has 0 spiro atoms. The van der Waals surface area contributed by atoms with Gasteiger partial charge in [-0.05, 0) is 49.7 Å². The van der Waals surface area contributed by atoms with E-state index in [4.69, 9.17) is 9.72 Å². The highest BCUT2D eigenvalue weighted by atomic mass is 32.2. The molecule has 0 radical (unpaired) electrons. The van der Waals surface area contributed by atoms with Crippen LogP contribution in [-0.4, -0.2) is 45.8 Å². The molecule has 1 aromatic heterocycles. The third-order valence-electron chi connectivity index (χ3n) is 4.78. The molecule has 0 saturated carbocycles. The number of benzene rings is 2. The lowest BCUT2D eigenvalue weighted by Gasteiger charge is -2.16. The molecule has 4 rings (SSSR count). The van der Waals surface area contributed by atoms with Crippen molar-refractivity contribution in [3.63, 3.8) is 0 Å². The molecule has 1 aliphatic heterocycles. The van der Waals surface area contributed by atoms with E-state index in [1.54, 1.807) is 22.6 Å². The molecule has 1 saturated heterocycles. The normalized spacial score (nSPS) is 16.7. The summed E-state index contributed by atoms with van der Waals surface area (Å²) in [4.78, 5) is 32.1. The van der Waals surface area contributed by atoms with Gasteiger partial charge < -0.3 is 9.64 Å². The van der Waals surface area contributed by atoms with E-state index in [0.717, 1.165) is 18.7 Å². The second kappa shape index (κ2) is 7.67. The average Bonchev–Trinajstić information content (AvgIpc) is 3.02. The number of amides is 1. The molecular weight excluding hydrogens is 374 g/mol. The van der Waals surface area contributed by atoms with Gasteiger partial charge >= 0.3 is 0 Å². The topological polar surface area (TPSA) is 64.4 Å². The van der Waals surface area contributed by atoms with Gasteiger partial charge in [0.2, 0.25) is 5.91 Å². The van der Waals surface area contributed by atoms with Crippen LogP contribution in [0, 0.1) is 0 Å². The first kappa shape index (κ1) is 18.6. The number of fused-ring (bicyclic) bond motifs is 1. The summed E-state index contributed by atoms with van der Waals surface area (Å²) in [6.07, 6.45) is 0.742. The highest BCUT2D eigenvalue weighted by Crippen LogP contribution is 2.31. The molecule has 1 unspecified atom stereocenters. The van der Waals surface area contributed by atoms with Gasteiger partial charge in [0.05, 0.1) is 28.4 Å². The fourth-order valence-electron chi connectivity index (χ4n) is 3.30. The van der Waals surface area contributed by atoms with Crippen molar-refractivity contribution >= 4 is 28.6 Å². The number of thioether (sulfide) groups is 1. The Morgan fingerprint density at radius 2 is 1.89 bits per heavy atom. The van der Waals surface area contributed by atoms with Crippen LogP contribution in [0.3, 0.4) is 0 Å². The molecule has 6 nitrogen and oxygen atoms in total. The molecule has 2 aromatic carbocycles. The van der Waals surface area contributed by atoms with Crippen molar-refractivity contribution in [3.05, 3.63) is 58.9 Å². The van der Waals surface area contributed by atoms with Gasteiger partial charge in [-0.25, -0.2) is 4.98 Å². The van der Waals surface area contributed by atoms with E-state index in [2.05, 4.69) is 0 Å². The van der Waals surface area contributed by atoms with E-state index in [9.17, 15) is 9.59 Å². The molecule has 144 valence electrons. The van der Waals surface area contributed by atoms with Crippen LogP contribution in [0.1, 0.15) is 13.3 Å². The number of rotatable bonds is 5. The largest absolute Gasteiger partial charge is 0.494 e. The summed E-state index contributed by atoms with van der Waals surface area (Å²) in [7, 11) is 1.80. The van der Waals surface area contributed by atoms with Gasteiger partial charge in [0.25, 0.3) is 5.56 Å². The smallest absolute Gasteiger partial charge is 0.266 e. The Bertz CT molecular complexity index is 1080. The van der Waals surface area contributed by atoms with Crippen LogP contribution in [-0.2, 0) is 4.79 Å². The highest BCUT2D eigenvalue weighted by Gasteiger charge is 2.31. The van der Waals surface area contributed by atoms with Gasteiger partial charge in [-0.2, -0.15) is 0 Å². The van der Waals surface area contributed by atoms with Crippen LogP contribution in [0.15, 0.2) is 58.5 Å². The summed E-state index contributed by atoms with van der Waals surface area (Å²) in [6, 6.07) is 14.7. The molecule has 7 heteroatoms. The van der Waals surface area contributed by atoms with E-state index in [1.165, 1.54) is 11.8 Å². The summed E-state index contributed by atoms with van der Waals surface area (Å²) < 4.78 is 7.09. The maximum atomic E-state index is 13.3. The molecule has 28 heavy (non-hydrogen) atoms. The maximum Gasteiger partial charge on any atom is 0.266 e. The molecule has 0 aliphatic carbocycles. The number of aromatic nitrogens is 2. The summed E-state index contributed by atoms with van der Waals surface area (Å²) >= 11 is 1.36. The lowest BCUT2D eigenvalue weighted by molar-refractivity contribution is -0.126. The third kappa shape index (κ3) is 3.38. The zero-order chi connectivity index (χ0) is 19.7. The number of likely N-dealkylation sites (tertiary alicyclic amines) is 1. The van der Waals surface area contributed by atoms with Gasteiger partial charge in [0.1, 0.15) is 5.75 Å². The maximum absolute atomic E-state index is 13.3. The minimum absolute atomic E-state index is 0.0747. The van der Waals surface area contributed by atoms with Crippen molar-refractivity contribution in [2.45, 2.75) is 23.8 Å². The Morgan fingerprint density at radius 3 is 2.57 bits per heavy atom. The number of hydrogen-bond donors (Lipinski definition) is 0. The number of carbonyl (C=O) groups excluding carboxylic acids is 1. The van der Waals surface area contributed by atoms with Gasteiger partial charge in [0.15, 0.2) is 5.16 Å². The van der Waals surface area contributed by atoms with Crippen LogP contribution in [0.2, 0.25) is 0 Å². The first-order valence-corrected chi connectivity index (χ1v) is 10.1. The lowest BCUT2D eigenvalue weighted by atomic mass is 10.2.